The minimum Gasteiger partial charge on any atom is -0.310 e. The van der Waals surface area contributed by atoms with E-state index in [2.05, 4.69) is 69.3 Å². The molecular weight excluding hydrogens is 350 g/mol. The fourth-order valence-electron chi connectivity index (χ4n) is 3.82. The van der Waals surface area contributed by atoms with Gasteiger partial charge in [0.15, 0.2) is 0 Å². The molecule has 0 heterocycles. The third-order valence-corrected chi connectivity index (χ3v) is 6.57. The molecule has 1 fully saturated rings. The number of rotatable bonds is 6. The molecule has 1 amide bonds. The molecule has 0 spiro atoms. The minimum absolute atomic E-state index is 0.182. The molecule has 1 saturated carbocycles. The van der Waals surface area contributed by atoms with Crippen LogP contribution in [-0.2, 0) is 10.5 Å². The van der Waals surface area contributed by atoms with Gasteiger partial charge in [0, 0.05) is 28.3 Å². The summed E-state index contributed by atoms with van der Waals surface area (Å²) in [4.78, 5) is 16.5. The van der Waals surface area contributed by atoms with Crippen LogP contribution in [0.15, 0.2) is 59.5 Å². The number of carbonyl (C=O) groups excluding carboxylic acids is 1. The normalized spacial score (nSPS) is 19.9. The monoisotopic (exact) mass is 381 g/mol. The highest BCUT2D eigenvalue weighted by molar-refractivity contribution is 7.98. The van der Waals surface area contributed by atoms with Gasteiger partial charge in [-0.3, -0.25) is 4.79 Å². The van der Waals surface area contributed by atoms with Crippen LogP contribution in [0.1, 0.15) is 52.0 Å². The molecule has 3 rings (SSSR count). The van der Waals surface area contributed by atoms with Crippen molar-refractivity contribution in [3.8, 4) is 0 Å². The summed E-state index contributed by atoms with van der Waals surface area (Å²) in [6.45, 7) is 6.53. The first-order chi connectivity index (χ1) is 13.0. The zero-order valence-electron chi connectivity index (χ0n) is 16.7. The molecule has 0 aliphatic heterocycles. The second kappa shape index (κ2) is 9.45. The number of carbonyl (C=O) groups is 1. The fraction of sp³-hybridized carbons (Fsp3) is 0.458. The Morgan fingerprint density at radius 2 is 1.63 bits per heavy atom. The van der Waals surface area contributed by atoms with Gasteiger partial charge in [-0.15, -0.1) is 11.8 Å². The van der Waals surface area contributed by atoms with Crippen molar-refractivity contribution in [3.05, 3.63) is 60.2 Å². The van der Waals surface area contributed by atoms with Gasteiger partial charge in [0.05, 0.1) is 0 Å². The fourth-order valence-corrected chi connectivity index (χ4v) is 4.70. The molecule has 3 heteroatoms. The van der Waals surface area contributed by atoms with Crippen molar-refractivity contribution in [1.29, 1.82) is 0 Å². The maximum atomic E-state index is 13.2. The molecule has 2 aromatic rings. The number of nitrogens with zero attached hydrogens (tertiary/aromatic N) is 1. The molecule has 144 valence electrons. The van der Waals surface area contributed by atoms with Gasteiger partial charge in [0.1, 0.15) is 0 Å². The molecule has 0 saturated heterocycles. The summed E-state index contributed by atoms with van der Waals surface area (Å²) >= 11 is 1.84. The Hall–Kier alpha value is -1.74. The van der Waals surface area contributed by atoms with E-state index in [0.717, 1.165) is 30.2 Å². The quantitative estimate of drug-likeness (QED) is 0.529. The van der Waals surface area contributed by atoms with E-state index in [1.54, 1.807) is 0 Å². The van der Waals surface area contributed by atoms with Gasteiger partial charge in [-0.2, -0.15) is 0 Å². The SMILES string of the molecule is CC1CCC(C(=O)N(c2ccc(CSc3ccccc3)cc2)C(C)C)CC1. The zero-order chi connectivity index (χ0) is 19.2. The van der Waals surface area contributed by atoms with E-state index in [1.807, 2.05) is 22.7 Å². The van der Waals surface area contributed by atoms with E-state index in [4.69, 9.17) is 0 Å². The van der Waals surface area contributed by atoms with Gasteiger partial charge in [-0.05, 0) is 75.3 Å². The van der Waals surface area contributed by atoms with E-state index in [-0.39, 0.29) is 12.0 Å². The van der Waals surface area contributed by atoms with Crippen molar-refractivity contribution >= 4 is 23.4 Å². The number of amides is 1. The highest BCUT2D eigenvalue weighted by Crippen LogP contribution is 2.32. The molecule has 0 atom stereocenters. The van der Waals surface area contributed by atoms with E-state index in [1.165, 1.54) is 23.3 Å². The maximum Gasteiger partial charge on any atom is 0.230 e. The van der Waals surface area contributed by atoms with Crippen LogP contribution in [0.2, 0.25) is 0 Å². The van der Waals surface area contributed by atoms with Crippen molar-refractivity contribution in [3.63, 3.8) is 0 Å². The number of anilines is 1. The number of benzene rings is 2. The molecule has 0 radical (unpaired) electrons. The number of hydrogen-bond donors (Lipinski definition) is 0. The molecular formula is C24H31NOS. The molecule has 0 N–H and O–H groups in total. The van der Waals surface area contributed by atoms with Crippen LogP contribution < -0.4 is 4.90 Å². The Kier molecular flexibility index (Phi) is 7.01. The van der Waals surface area contributed by atoms with Crippen LogP contribution in [-0.4, -0.2) is 11.9 Å². The third-order valence-electron chi connectivity index (χ3n) is 5.48. The highest BCUT2D eigenvalue weighted by Gasteiger charge is 2.30. The van der Waals surface area contributed by atoms with E-state index >= 15 is 0 Å². The van der Waals surface area contributed by atoms with Gasteiger partial charge in [-0.1, -0.05) is 37.3 Å². The van der Waals surface area contributed by atoms with Gasteiger partial charge >= 0.3 is 0 Å². The topological polar surface area (TPSA) is 20.3 Å². The predicted molar refractivity (Wildman–Crippen MR) is 116 cm³/mol. The lowest BCUT2D eigenvalue weighted by Crippen LogP contribution is -2.42. The summed E-state index contributed by atoms with van der Waals surface area (Å²) in [6, 6.07) is 19.2. The minimum atomic E-state index is 0.182. The third kappa shape index (κ3) is 5.38. The molecule has 1 aliphatic rings. The zero-order valence-corrected chi connectivity index (χ0v) is 17.5. The first-order valence-corrected chi connectivity index (χ1v) is 11.1. The van der Waals surface area contributed by atoms with Gasteiger partial charge < -0.3 is 4.90 Å². The van der Waals surface area contributed by atoms with Crippen LogP contribution in [0, 0.1) is 11.8 Å². The van der Waals surface area contributed by atoms with E-state index in [9.17, 15) is 4.79 Å². The summed E-state index contributed by atoms with van der Waals surface area (Å²) in [7, 11) is 0. The second-order valence-electron chi connectivity index (χ2n) is 8.03. The summed E-state index contributed by atoms with van der Waals surface area (Å²) in [5.41, 5.74) is 2.32. The summed E-state index contributed by atoms with van der Waals surface area (Å²) < 4.78 is 0. The number of thioether (sulfide) groups is 1. The molecule has 1 aliphatic carbocycles. The summed E-state index contributed by atoms with van der Waals surface area (Å²) in [5.74, 6) is 2.21. The Morgan fingerprint density at radius 3 is 2.22 bits per heavy atom. The maximum absolute atomic E-state index is 13.2. The van der Waals surface area contributed by atoms with E-state index in [0.29, 0.717) is 5.91 Å². The van der Waals surface area contributed by atoms with Crippen LogP contribution in [0.5, 0.6) is 0 Å². The molecule has 0 aromatic heterocycles. The van der Waals surface area contributed by atoms with E-state index < -0.39 is 0 Å². The standard InChI is InChI=1S/C24H31NOS/c1-18(2)25(24(26)21-13-9-19(3)10-14-21)22-15-11-20(12-16-22)17-27-23-7-5-4-6-8-23/h4-8,11-12,15-16,18-19,21H,9-10,13-14,17H2,1-3H3. The first-order valence-electron chi connectivity index (χ1n) is 10.1. The highest BCUT2D eigenvalue weighted by atomic mass is 32.2. The number of hydrogen-bond acceptors (Lipinski definition) is 2. The molecule has 27 heavy (non-hydrogen) atoms. The Balaban J connectivity index is 1.66. The van der Waals surface area contributed by atoms with Crippen LogP contribution in [0.4, 0.5) is 5.69 Å². The van der Waals surface area contributed by atoms with Crippen LogP contribution in [0.25, 0.3) is 0 Å². The van der Waals surface area contributed by atoms with Gasteiger partial charge in [-0.25, -0.2) is 0 Å². The lowest BCUT2D eigenvalue weighted by atomic mass is 9.82. The van der Waals surface area contributed by atoms with Crippen molar-refractivity contribution in [2.75, 3.05) is 4.90 Å². The van der Waals surface area contributed by atoms with Crippen LogP contribution >= 0.6 is 11.8 Å². The predicted octanol–water partition coefficient (Wildman–Crippen LogP) is 6.55. The van der Waals surface area contributed by atoms with Crippen molar-refractivity contribution < 1.29 is 4.79 Å². The van der Waals surface area contributed by atoms with Gasteiger partial charge in [0.2, 0.25) is 5.91 Å². The average Bonchev–Trinajstić information content (AvgIpc) is 2.68. The first kappa shape index (κ1) is 20.0. The van der Waals surface area contributed by atoms with Crippen molar-refractivity contribution in [2.45, 2.75) is 63.1 Å². The van der Waals surface area contributed by atoms with Crippen molar-refractivity contribution in [1.82, 2.24) is 0 Å². The summed E-state index contributed by atoms with van der Waals surface area (Å²) in [6.07, 6.45) is 4.43. The lowest BCUT2D eigenvalue weighted by molar-refractivity contribution is -0.123. The Labute approximate surface area is 168 Å². The smallest absolute Gasteiger partial charge is 0.230 e. The molecule has 0 bridgehead atoms. The Morgan fingerprint density at radius 1 is 1.00 bits per heavy atom. The lowest BCUT2D eigenvalue weighted by Gasteiger charge is -2.33. The molecule has 0 unspecified atom stereocenters. The summed E-state index contributed by atoms with van der Waals surface area (Å²) in [5, 5.41) is 0. The average molecular weight is 382 g/mol. The van der Waals surface area contributed by atoms with Crippen LogP contribution in [0.3, 0.4) is 0 Å². The Bertz CT molecular complexity index is 718. The largest absolute Gasteiger partial charge is 0.310 e. The van der Waals surface area contributed by atoms with Gasteiger partial charge in [0.25, 0.3) is 0 Å². The second-order valence-corrected chi connectivity index (χ2v) is 9.08. The molecule has 2 aromatic carbocycles. The van der Waals surface area contributed by atoms with Crippen molar-refractivity contribution in [2.24, 2.45) is 11.8 Å². The molecule has 2 nitrogen and oxygen atoms in total.